The van der Waals surface area contributed by atoms with Crippen molar-refractivity contribution in [3.8, 4) is 0 Å². The Morgan fingerprint density at radius 1 is 1.35 bits per heavy atom. The van der Waals surface area contributed by atoms with Crippen molar-refractivity contribution >= 4 is 16.7 Å². The summed E-state index contributed by atoms with van der Waals surface area (Å²) in [6.45, 7) is 5.43. The molecule has 98 valence electrons. The number of carbonyl (C=O) groups excluding carboxylic acids is 1. The van der Waals surface area contributed by atoms with Crippen LogP contribution in [-0.2, 0) is 15.6 Å². The Balaban J connectivity index is 1.82. The minimum absolute atomic E-state index is 0.0929. The molecule has 0 spiro atoms. The van der Waals surface area contributed by atoms with Crippen LogP contribution in [0.2, 0.25) is 0 Å². The standard InChI is InChI=1S/C12H22N2O2S/c1-10(17(16)9-11-7-13-8-11)12(15)14-5-3-2-4-6-14/h10-11,13H,2-9H2,1H3. The zero-order valence-electron chi connectivity index (χ0n) is 10.5. The van der Waals surface area contributed by atoms with Gasteiger partial charge in [-0.05, 0) is 32.1 Å². The van der Waals surface area contributed by atoms with Crippen LogP contribution in [0, 0.1) is 5.92 Å². The van der Waals surface area contributed by atoms with Gasteiger partial charge in [-0.15, -0.1) is 0 Å². The molecule has 2 saturated heterocycles. The number of nitrogens with zero attached hydrogens (tertiary/aromatic N) is 1. The lowest BCUT2D eigenvalue weighted by atomic mass is 10.1. The van der Waals surface area contributed by atoms with Crippen LogP contribution in [-0.4, -0.2) is 52.2 Å². The highest BCUT2D eigenvalue weighted by Crippen LogP contribution is 2.14. The van der Waals surface area contributed by atoms with Crippen molar-refractivity contribution in [2.45, 2.75) is 31.4 Å². The molecule has 0 aliphatic carbocycles. The van der Waals surface area contributed by atoms with Crippen LogP contribution >= 0.6 is 0 Å². The predicted octanol–water partition coefficient (Wildman–Crippen LogP) is 0.356. The van der Waals surface area contributed by atoms with E-state index in [1.54, 1.807) is 0 Å². The van der Waals surface area contributed by atoms with Gasteiger partial charge in [0.2, 0.25) is 5.91 Å². The van der Waals surface area contributed by atoms with Crippen LogP contribution in [0.4, 0.5) is 0 Å². The van der Waals surface area contributed by atoms with Crippen molar-refractivity contribution < 1.29 is 9.00 Å². The molecular weight excluding hydrogens is 236 g/mol. The van der Waals surface area contributed by atoms with Gasteiger partial charge in [0.25, 0.3) is 0 Å². The zero-order chi connectivity index (χ0) is 12.3. The van der Waals surface area contributed by atoms with Crippen LogP contribution in [0.5, 0.6) is 0 Å². The van der Waals surface area contributed by atoms with Gasteiger partial charge in [0, 0.05) is 42.7 Å². The van der Waals surface area contributed by atoms with E-state index in [9.17, 15) is 9.00 Å². The van der Waals surface area contributed by atoms with Gasteiger partial charge in [0.1, 0.15) is 5.25 Å². The van der Waals surface area contributed by atoms with Crippen LogP contribution < -0.4 is 5.32 Å². The molecule has 0 aromatic heterocycles. The first kappa shape index (κ1) is 13.0. The number of hydrogen-bond donors (Lipinski definition) is 1. The van der Waals surface area contributed by atoms with Gasteiger partial charge in [-0.2, -0.15) is 0 Å². The van der Waals surface area contributed by atoms with Gasteiger partial charge in [0.15, 0.2) is 0 Å². The summed E-state index contributed by atoms with van der Waals surface area (Å²) in [6.07, 6.45) is 3.41. The minimum Gasteiger partial charge on any atom is -0.342 e. The topological polar surface area (TPSA) is 49.4 Å². The van der Waals surface area contributed by atoms with E-state index in [-0.39, 0.29) is 11.2 Å². The van der Waals surface area contributed by atoms with Crippen LogP contribution in [0.25, 0.3) is 0 Å². The van der Waals surface area contributed by atoms with Gasteiger partial charge in [0.05, 0.1) is 0 Å². The molecule has 2 aliphatic rings. The van der Waals surface area contributed by atoms with Gasteiger partial charge >= 0.3 is 0 Å². The number of hydrogen-bond acceptors (Lipinski definition) is 3. The maximum atomic E-state index is 12.1. The normalized spacial score (nSPS) is 25.1. The fraction of sp³-hybridized carbons (Fsp3) is 0.917. The van der Waals surface area contributed by atoms with E-state index in [1.807, 2.05) is 11.8 Å². The summed E-state index contributed by atoms with van der Waals surface area (Å²) in [5, 5.41) is 2.84. The third-order valence-corrected chi connectivity index (χ3v) is 5.47. The Labute approximate surface area is 106 Å². The zero-order valence-corrected chi connectivity index (χ0v) is 11.3. The van der Waals surface area contributed by atoms with E-state index >= 15 is 0 Å². The van der Waals surface area contributed by atoms with E-state index in [0.29, 0.717) is 11.7 Å². The summed E-state index contributed by atoms with van der Waals surface area (Å²) in [6, 6.07) is 0. The molecule has 2 fully saturated rings. The highest BCUT2D eigenvalue weighted by Gasteiger charge is 2.29. The SMILES string of the molecule is CC(C(=O)N1CCCCC1)S(=O)CC1CNC1. The number of rotatable bonds is 4. The molecular formula is C12H22N2O2S. The Morgan fingerprint density at radius 2 is 2.00 bits per heavy atom. The number of carbonyl (C=O) groups is 1. The van der Waals surface area contributed by atoms with Crippen LogP contribution in [0.3, 0.4) is 0 Å². The molecule has 2 aliphatic heterocycles. The van der Waals surface area contributed by atoms with Gasteiger partial charge < -0.3 is 10.2 Å². The minimum atomic E-state index is -1.01. The number of nitrogens with one attached hydrogen (secondary N) is 1. The summed E-state index contributed by atoms with van der Waals surface area (Å²) >= 11 is 0. The largest absolute Gasteiger partial charge is 0.342 e. The second-order valence-corrected chi connectivity index (χ2v) is 6.90. The second-order valence-electron chi connectivity index (χ2n) is 5.10. The molecule has 5 heteroatoms. The summed E-state index contributed by atoms with van der Waals surface area (Å²) in [5.41, 5.74) is 0. The Kier molecular flexibility index (Phi) is 4.56. The van der Waals surface area contributed by atoms with Crippen LogP contribution in [0.15, 0.2) is 0 Å². The number of piperidine rings is 1. The third-order valence-electron chi connectivity index (χ3n) is 3.68. The van der Waals surface area contributed by atoms with Crippen molar-refractivity contribution in [2.24, 2.45) is 5.92 Å². The Morgan fingerprint density at radius 3 is 2.53 bits per heavy atom. The molecule has 0 aromatic rings. The van der Waals surface area contributed by atoms with Crippen molar-refractivity contribution in [3.05, 3.63) is 0 Å². The maximum absolute atomic E-state index is 12.1. The van der Waals surface area contributed by atoms with Crippen molar-refractivity contribution in [3.63, 3.8) is 0 Å². The van der Waals surface area contributed by atoms with Crippen molar-refractivity contribution in [1.29, 1.82) is 0 Å². The van der Waals surface area contributed by atoms with E-state index in [1.165, 1.54) is 6.42 Å². The summed E-state index contributed by atoms with van der Waals surface area (Å²) in [7, 11) is -1.01. The van der Waals surface area contributed by atoms with Crippen LogP contribution in [0.1, 0.15) is 26.2 Å². The third kappa shape index (κ3) is 3.28. The van der Waals surface area contributed by atoms with E-state index < -0.39 is 10.8 Å². The highest BCUT2D eigenvalue weighted by molar-refractivity contribution is 7.86. The lowest BCUT2D eigenvalue weighted by molar-refractivity contribution is -0.131. The summed E-state index contributed by atoms with van der Waals surface area (Å²) in [5.74, 6) is 1.27. The molecule has 1 amide bonds. The predicted molar refractivity (Wildman–Crippen MR) is 69.3 cm³/mol. The average molecular weight is 258 g/mol. The number of likely N-dealkylation sites (tertiary alicyclic amines) is 1. The van der Waals surface area contributed by atoms with Gasteiger partial charge in [-0.3, -0.25) is 9.00 Å². The first-order chi connectivity index (χ1) is 8.18. The lowest BCUT2D eigenvalue weighted by Gasteiger charge is -2.31. The lowest BCUT2D eigenvalue weighted by Crippen LogP contribution is -2.48. The van der Waals surface area contributed by atoms with E-state index in [0.717, 1.165) is 39.0 Å². The fourth-order valence-corrected chi connectivity index (χ4v) is 3.69. The number of amides is 1. The summed E-state index contributed by atoms with van der Waals surface area (Å²) < 4.78 is 12.1. The molecule has 4 nitrogen and oxygen atoms in total. The molecule has 17 heavy (non-hydrogen) atoms. The summed E-state index contributed by atoms with van der Waals surface area (Å²) in [4.78, 5) is 14.0. The van der Waals surface area contributed by atoms with E-state index in [4.69, 9.17) is 0 Å². The molecule has 1 N–H and O–H groups in total. The van der Waals surface area contributed by atoms with Crippen molar-refractivity contribution in [1.82, 2.24) is 10.2 Å². The fourth-order valence-electron chi connectivity index (χ4n) is 2.33. The maximum Gasteiger partial charge on any atom is 0.238 e. The van der Waals surface area contributed by atoms with Crippen molar-refractivity contribution in [2.75, 3.05) is 31.9 Å². The molecule has 2 rings (SSSR count). The molecule has 2 atom stereocenters. The van der Waals surface area contributed by atoms with Gasteiger partial charge in [-0.1, -0.05) is 0 Å². The highest BCUT2D eigenvalue weighted by atomic mass is 32.2. The Bertz CT molecular complexity index is 299. The first-order valence-electron chi connectivity index (χ1n) is 6.55. The average Bonchev–Trinajstić information content (AvgIpc) is 2.32. The Hall–Kier alpha value is -0.420. The monoisotopic (exact) mass is 258 g/mol. The van der Waals surface area contributed by atoms with E-state index in [2.05, 4.69) is 5.32 Å². The molecule has 0 saturated carbocycles. The smallest absolute Gasteiger partial charge is 0.238 e. The molecule has 2 heterocycles. The van der Waals surface area contributed by atoms with Gasteiger partial charge in [-0.25, -0.2) is 0 Å². The molecule has 2 unspecified atom stereocenters. The quantitative estimate of drug-likeness (QED) is 0.792. The second kappa shape index (κ2) is 5.96. The first-order valence-corrected chi connectivity index (χ1v) is 7.93. The molecule has 0 radical (unpaired) electrons. The molecule has 0 aromatic carbocycles. The molecule has 0 bridgehead atoms.